The summed E-state index contributed by atoms with van der Waals surface area (Å²) >= 11 is 0. The van der Waals surface area contributed by atoms with Crippen molar-refractivity contribution in [3.05, 3.63) is 17.5 Å². The fraction of sp³-hybridized carbons (Fsp3) is 0.429. The molecule has 1 unspecified atom stereocenters. The maximum absolute atomic E-state index is 10.4. The van der Waals surface area contributed by atoms with Crippen LogP contribution in [-0.2, 0) is 11.2 Å². The second-order valence-corrected chi connectivity index (χ2v) is 2.59. The number of aromatic nitrogens is 1. The summed E-state index contributed by atoms with van der Waals surface area (Å²) in [5, 5.41) is 12.1. The zero-order chi connectivity index (χ0) is 9.14. The lowest BCUT2D eigenvalue weighted by molar-refractivity contribution is -0.138. The standard InChI is InChI=1S/C7H10N2O3/c1-4-3-12-9-6(4)2-5(8)7(10)11/h3,5H,2,8H2,1H3,(H,10,11). The molecule has 0 radical (unpaired) electrons. The average Bonchev–Trinajstić information content (AvgIpc) is 2.36. The van der Waals surface area contributed by atoms with E-state index in [1.807, 2.05) is 0 Å². The van der Waals surface area contributed by atoms with Gasteiger partial charge in [0.2, 0.25) is 0 Å². The molecule has 0 fully saturated rings. The molecule has 0 aliphatic heterocycles. The van der Waals surface area contributed by atoms with Crippen molar-refractivity contribution >= 4 is 5.97 Å². The number of carboxylic acid groups (broad SMARTS) is 1. The minimum atomic E-state index is -1.03. The van der Waals surface area contributed by atoms with Gasteiger partial charge in [0.25, 0.3) is 0 Å². The third-order valence-electron chi connectivity index (χ3n) is 1.58. The van der Waals surface area contributed by atoms with E-state index in [0.717, 1.165) is 5.56 Å². The Labute approximate surface area is 69.2 Å². The van der Waals surface area contributed by atoms with Crippen LogP contribution < -0.4 is 5.73 Å². The minimum Gasteiger partial charge on any atom is -0.480 e. The summed E-state index contributed by atoms with van der Waals surface area (Å²) in [5.41, 5.74) is 6.72. The Kier molecular flexibility index (Phi) is 2.44. The molecule has 5 nitrogen and oxygen atoms in total. The lowest BCUT2D eigenvalue weighted by atomic mass is 10.1. The Morgan fingerprint density at radius 3 is 3.00 bits per heavy atom. The first-order valence-corrected chi connectivity index (χ1v) is 3.49. The van der Waals surface area contributed by atoms with E-state index in [0.29, 0.717) is 5.69 Å². The van der Waals surface area contributed by atoms with Gasteiger partial charge in [-0.3, -0.25) is 4.79 Å². The second-order valence-electron chi connectivity index (χ2n) is 2.59. The summed E-state index contributed by atoms with van der Waals surface area (Å²) in [7, 11) is 0. The molecule has 0 aliphatic rings. The van der Waals surface area contributed by atoms with Gasteiger partial charge in [-0.25, -0.2) is 0 Å². The van der Waals surface area contributed by atoms with Gasteiger partial charge in [-0.1, -0.05) is 5.16 Å². The SMILES string of the molecule is Cc1conc1CC(N)C(=O)O. The monoisotopic (exact) mass is 170 g/mol. The van der Waals surface area contributed by atoms with Crippen LogP contribution >= 0.6 is 0 Å². The maximum atomic E-state index is 10.4. The summed E-state index contributed by atoms with van der Waals surface area (Å²) in [6.07, 6.45) is 1.67. The zero-order valence-corrected chi connectivity index (χ0v) is 6.65. The van der Waals surface area contributed by atoms with E-state index < -0.39 is 12.0 Å². The van der Waals surface area contributed by atoms with Gasteiger partial charge in [0.05, 0.1) is 5.69 Å². The highest BCUT2D eigenvalue weighted by Crippen LogP contribution is 2.06. The quantitative estimate of drug-likeness (QED) is 0.663. The van der Waals surface area contributed by atoms with Gasteiger partial charge in [0, 0.05) is 12.0 Å². The van der Waals surface area contributed by atoms with Crippen molar-refractivity contribution < 1.29 is 14.4 Å². The molecule has 1 aromatic rings. The fourth-order valence-electron chi connectivity index (χ4n) is 0.803. The highest BCUT2D eigenvalue weighted by atomic mass is 16.5. The number of hydrogen-bond acceptors (Lipinski definition) is 4. The highest BCUT2D eigenvalue weighted by molar-refractivity contribution is 5.73. The van der Waals surface area contributed by atoms with Gasteiger partial charge in [0.15, 0.2) is 0 Å². The third kappa shape index (κ3) is 1.82. The summed E-state index contributed by atoms with van der Waals surface area (Å²) in [4.78, 5) is 10.4. The smallest absolute Gasteiger partial charge is 0.320 e. The summed E-state index contributed by atoms with van der Waals surface area (Å²) in [6, 6.07) is -0.909. The number of aliphatic carboxylic acids is 1. The van der Waals surface area contributed by atoms with Gasteiger partial charge >= 0.3 is 5.97 Å². The van der Waals surface area contributed by atoms with E-state index in [1.54, 1.807) is 6.92 Å². The van der Waals surface area contributed by atoms with Crippen LogP contribution in [0.2, 0.25) is 0 Å². The number of nitrogens with zero attached hydrogens (tertiary/aromatic N) is 1. The molecular formula is C7H10N2O3. The zero-order valence-electron chi connectivity index (χ0n) is 6.65. The molecule has 1 rings (SSSR count). The molecule has 5 heteroatoms. The molecule has 0 spiro atoms. The molecular weight excluding hydrogens is 160 g/mol. The Bertz CT molecular complexity index is 282. The second kappa shape index (κ2) is 3.36. The fourth-order valence-corrected chi connectivity index (χ4v) is 0.803. The predicted molar refractivity (Wildman–Crippen MR) is 40.6 cm³/mol. The molecule has 66 valence electrons. The summed E-state index contributed by atoms with van der Waals surface area (Å²) in [6.45, 7) is 1.79. The lowest BCUT2D eigenvalue weighted by Gasteiger charge is -2.02. The first-order valence-electron chi connectivity index (χ1n) is 3.49. The molecule has 0 aliphatic carbocycles. The largest absolute Gasteiger partial charge is 0.480 e. The predicted octanol–water partition coefficient (Wildman–Crippen LogP) is -0.0626. The van der Waals surface area contributed by atoms with Crippen LogP contribution in [0.25, 0.3) is 0 Å². The molecule has 3 N–H and O–H groups in total. The van der Waals surface area contributed by atoms with Crippen molar-refractivity contribution in [2.75, 3.05) is 0 Å². The van der Waals surface area contributed by atoms with Gasteiger partial charge in [-0.15, -0.1) is 0 Å². The number of carboxylic acids is 1. The van der Waals surface area contributed by atoms with Crippen molar-refractivity contribution in [3.63, 3.8) is 0 Å². The van der Waals surface area contributed by atoms with Crippen LogP contribution in [0.15, 0.2) is 10.8 Å². The Balaban J connectivity index is 2.64. The van der Waals surface area contributed by atoms with E-state index in [4.69, 9.17) is 10.8 Å². The van der Waals surface area contributed by atoms with E-state index in [2.05, 4.69) is 9.68 Å². The van der Waals surface area contributed by atoms with Crippen LogP contribution in [-0.4, -0.2) is 22.3 Å². The van der Waals surface area contributed by atoms with E-state index in [9.17, 15) is 4.79 Å². The normalized spacial score (nSPS) is 12.8. The molecule has 1 heterocycles. The summed E-state index contributed by atoms with van der Waals surface area (Å²) < 4.78 is 4.63. The van der Waals surface area contributed by atoms with Gasteiger partial charge in [0.1, 0.15) is 12.3 Å². The molecule has 1 atom stereocenters. The lowest BCUT2D eigenvalue weighted by Crippen LogP contribution is -2.32. The number of rotatable bonds is 3. The number of nitrogens with two attached hydrogens (primary N) is 1. The molecule has 12 heavy (non-hydrogen) atoms. The average molecular weight is 170 g/mol. The maximum Gasteiger partial charge on any atom is 0.320 e. The van der Waals surface area contributed by atoms with Crippen molar-refractivity contribution in [1.29, 1.82) is 0 Å². The Hall–Kier alpha value is -1.36. The molecule has 0 saturated heterocycles. The van der Waals surface area contributed by atoms with Crippen LogP contribution in [0.5, 0.6) is 0 Å². The number of aryl methyl sites for hydroxylation is 1. The molecule has 0 bridgehead atoms. The summed E-state index contributed by atoms with van der Waals surface area (Å²) in [5.74, 6) is -1.03. The van der Waals surface area contributed by atoms with Crippen molar-refractivity contribution in [3.8, 4) is 0 Å². The van der Waals surface area contributed by atoms with E-state index in [-0.39, 0.29) is 6.42 Å². The van der Waals surface area contributed by atoms with E-state index >= 15 is 0 Å². The van der Waals surface area contributed by atoms with Crippen LogP contribution in [0.1, 0.15) is 11.3 Å². The molecule has 0 aromatic carbocycles. The van der Waals surface area contributed by atoms with Crippen molar-refractivity contribution in [2.24, 2.45) is 5.73 Å². The van der Waals surface area contributed by atoms with E-state index in [1.165, 1.54) is 6.26 Å². The molecule has 0 saturated carbocycles. The number of hydrogen-bond donors (Lipinski definition) is 2. The Morgan fingerprint density at radius 2 is 2.58 bits per heavy atom. The first kappa shape index (κ1) is 8.73. The van der Waals surface area contributed by atoms with Crippen LogP contribution in [0.4, 0.5) is 0 Å². The molecule has 0 amide bonds. The first-order chi connectivity index (χ1) is 5.61. The number of carbonyl (C=O) groups is 1. The topological polar surface area (TPSA) is 89.4 Å². The highest BCUT2D eigenvalue weighted by Gasteiger charge is 2.15. The van der Waals surface area contributed by atoms with Crippen LogP contribution in [0.3, 0.4) is 0 Å². The van der Waals surface area contributed by atoms with Crippen molar-refractivity contribution in [2.45, 2.75) is 19.4 Å². The third-order valence-corrected chi connectivity index (χ3v) is 1.58. The van der Waals surface area contributed by atoms with Gasteiger partial charge < -0.3 is 15.4 Å². The van der Waals surface area contributed by atoms with Crippen LogP contribution in [0, 0.1) is 6.92 Å². The minimum absolute atomic E-state index is 0.206. The molecule has 1 aromatic heterocycles. The van der Waals surface area contributed by atoms with Crippen molar-refractivity contribution in [1.82, 2.24) is 5.16 Å². The van der Waals surface area contributed by atoms with Gasteiger partial charge in [-0.05, 0) is 6.92 Å². The Morgan fingerprint density at radius 1 is 1.92 bits per heavy atom. The van der Waals surface area contributed by atoms with Gasteiger partial charge in [-0.2, -0.15) is 0 Å².